The molecule has 0 fully saturated rings. The van der Waals surface area contributed by atoms with Crippen LogP contribution in [0.5, 0.6) is 0 Å². The molecule has 122 valence electrons. The largest absolute Gasteiger partial charge is 0.466 e. The Morgan fingerprint density at radius 3 is 2.58 bits per heavy atom. The molecule has 3 aromatic rings. The van der Waals surface area contributed by atoms with Crippen LogP contribution in [0.25, 0.3) is 11.3 Å². The second-order valence-corrected chi connectivity index (χ2v) is 5.41. The van der Waals surface area contributed by atoms with Crippen LogP contribution in [0.15, 0.2) is 47.1 Å². The van der Waals surface area contributed by atoms with Gasteiger partial charge in [0.25, 0.3) is 5.91 Å². The standard InChI is InChI=1S/C18H16FN3O2/c1-11-7-16(12(2)24-11)18(23)20-9-15-8-17(22-10-21-15)13-3-5-14(19)6-4-13/h3-8,10H,9H2,1-2H3,(H,20,23). The van der Waals surface area contributed by atoms with E-state index in [1.807, 2.05) is 0 Å². The van der Waals surface area contributed by atoms with Crippen LogP contribution in [0.2, 0.25) is 0 Å². The zero-order valence-corrected chi connectivity index (χ0v) is 13.3. The van der Waals surface area contributed by atoms with Crippen molar-refractivity contribution in [2.24, 2.45) is 0 Å². The lowest BCUT2D eigenvalue weighted by Gasteiger charge is -2.06. The van der Waals surface area contributed by atoms with Gasteiger partial charge in [0, 0.05) is 5.56 Å². The molecule has 2 heterocycles. The Morgan fingerprint density at radius 1 is 1.17 bits per heavy atom. The third-order valence-corrected chi connectivity index (χ3v) is 3.58. The lowest BCUT2D eigenvalue weighted by molar-refractivity contribution is 0.0949. The molecule has 6 heteroatoms. The van der Waals surface area contributed by atoms with E-state index in [9.17, 15) is 9.18 Å². The minimum Gasteiger partial charge on any atom is -0.466 e. The van der Waals surface area contributed by atoms with E-state index in [4.69, 9.17) is 4.42 Å². The van der Waals surface area contributed by atoms with Gasteiger partial charge in [-0.15, -0.1) is 0 Å². The summed E-state index contributed by atoms with van der Waals surface area (Å²) < 4.78 is 18.4. The highest BCUT2D eigenvalue weighted by molar-refractivity contribution is 5.95. The second-order valence-electron chi connectivity index (χ2n) is 5.41. The normalized spacial score (nSPS) is 10.6. The lowest BCUT2D eigenvalue weighted by Crippen LogP contribution is -2.23. The van der Waals surface area contributed by atoms with E-state index >= 15 is 0 Å². The van der Waals surface area contributed by atoms with E-state index in [0.717, 1.165) is 5.56 Å². The summed E-state index contributed by atoms with van der Waals surface area (Å²) in [6.45, 7) is 3.81. The van der Waals surface area contributed by atoms with Crippen molar-refractivity contribution in [3.63, 3.8) is 0 Å². The first-order valence-corrected chi connectivity index (χ1v) is 7.45. The fourth-order valence-corrected chi connectivity index (χ4v) is 2.40. The van der Waals surface area contributed by atoms with E-state index in [-0.39, 0.29) is 18.3 Å². The minimum atomic E-state index is -0.300. The van der Waals surface area contributed by atoms with E-state index in [1.54, 1.807) is 38.1 Å². The van der Waals surface area contributed by atoms with Crippen LogP contribution in [0.1, 0.15) is 27.6 Å². The van der Waals surface area contributed by atoms with Crippen molar-refractivity contribution in [3.05, 3.63) is 71.3 Å². The van der Waals surface area contributed by atoms with Gasteiger partial charge in [-0.05, 0) is 50.2 Å². The summed E-state index contributed by atoms with van der Waals surface area (Å²) in [4.78, 5) is 20.5. The summed E-state index contributed by atoms with van der Waals surface area (Å²) in [5.74, 6) is 0.760. The SMILES string of the molecule is Cc1cc(C(=O)NCc2cc(-c3ccc(F)cc3)ncn2)c(C)o1. The number of rotatable bonds is 4. The van der Waals surface area contributed by atoms with Crippen molar-refractivity contribution >= 4 is 5.91 Å². The number of furan rings is 1. The second kappa shape index (κ2) is 6.62. The number of hydrogen-bond donors (Lipinski definition) is 1. The first kappa shape index (κ1) is 15.9. The molecule has 1 aromatic carbocycles. The van der Waals surface area contributed by atoms with Crippen LogP contribution in [0.3, 0.4) is 0 Å². The molecule has 0 atom stereocenters. The summed E-state index contributed by atoms with van der Waals surface area (Å²) in [5.41, 5.74) is 2.63. The first-order valence-electron chi connectivity index (χ1n) is 7.45. The first-order chi connectivity index (χ1) is 11.5. The fraction of sp³-hybridized carbons (Fsp3) is 0.167. The maximum atomic E-state index is 13.0. The molecule has 3 rings (SSSR count). The van der Waals surface area contributed by atoms with Crippen molar-refractivity contribution in [3.8, 4) is 11.3 Å². The summed E-state index contributed by atoms with van der Waals surface area (Å²) in [6.07, 6.45) is 1.42. The highest BCUT2D eigenvalue weighted by Crippen LogP contribution is 2.17. The molecular weight excluding hydrogens is 309 g/mol. The summed E-state index contributed by atoms with van der Waals surface area (Å²) >= 11 is 0. The van der Waals surface area contributed by atoms with E-state index in [2.05, 4.69) is 15.3 Å². The Kier molecular flexibility index (Phi) is 4.37. The van der Waals surface area contributed by atoms with Gasteiger partial charge in [-0.2, -0.15) is 0 Å². The highest BCUT2D eigenvalue weighted by atomic mass is 19.1. The molecule has 1 amide bonds. The number of aryl methyl sites for hydroxylation is 2. The van der Waals surface area contributed by atoms with Gasteiger partial charge in [0.15, 0.2) is 0 Å². The summed E-state index contributed by atoms with van der Waals surface area (Å²) in [7, 11) is 0. The number of carbonyl (C=O) groups excluding carboxylic acids is 1. The summed E-state index contributed by atoms with van der Waals surface area (Å²) in [6, 6.07) is 9.52. The number of carbonyl (C=O) groups is 1. The molecule has 0 radical (unpaired) electrons. The van der Waals surface area contributed by atoms with Crippen LogP contribution in [0, 0.1) is 19.7 Å². The fourth-order valence-electron chi connectivity index (χ4n) is 2.40. The zero-order chi connectivity index (χ0) is 17.1. The maximum absolute atomic E-state index is 13.0. The Balaban J connectivity index is 1.72. The van der Waals surface area contributed by atoms with Crippen LogP contribution in [-0.2, 0) is 6.54 Å². The third-order valence-electron chi connectivity index (χ3n) is 3.58. The van der Waals surface area contributed by atoms with Crippen molar-refractivity contribution in [2.45, 2.75) is 20.4 Å². The molecule has 0 spiro atoms. The lowest BCUT2D eigenvalue weighted by atomic mass is 10.1. The van der Waals surface area contributed by atoms with Gasteiger partial charge in [0.05, 0.1) is 23.5 Å². The molecule has 0 aliphatic rings. The molecule has 0 bridgehead atoms. The van der Waals surface area contributed by atoms with Gasteiger partial charge in [0.1, 0.15) is 23.7 Å². The topological polar surface area (TPSA) is 68.0 Å². The Bertz CT molecular complexity index is 872. The van der Waals surface area contributed by atoms with Gasteiger partial charge in [-0.1, -0.05) is 0 Å². The third kappa shape index (κ3) is 3.48. The Morgan fingerprint density at radius 2 is 1.92 bits per heavy atom. The van der Waals surface area contributed by atoms with Crippen LogP contribution >= 0.6 is 0 Å². The van der Waals surface area contributed by atoms with E-state index in [1.165, 1.54) is 18.5 Å². The van der Waals surface area contributed by atoms with Crippen LogP contribution < -0.4 is 5.32 Å². The number of nitrogens with one attached hydrogen (secondary N) is 1. The summed E-state index contributed by atoms with van der Waals surface area (Å²) in [5, 5.41) is 2.81. The number of amides is 1. The molecule has 0 saturated heterocycles. The van der Waals surface area contributed by atoms with Crippen LogP contribution in [0.4, 0.5) is 4.39 Å². The number of nitrogens with zero attached hydrogens (tertiary/aromatic N) is 2. The van der Waals surface area contributed by atoms with Crippen molar-refractivity contribution in [1.29, 1.82) is 0 Å². The molecule has 1 N–H and O–H groups in total. The Labute approximate surface area is 138 Å². The van der Waals surface area contributed by atoms with Gasteiger partial charge in [-0.3, -0.25) is 4.79 Å². The van der Waals surface area contributed by atoms with Crippen molar-refractivity contribution in [2.75, 3.05) is 0 Å². The number of benzene rings is 1. The zero-order valence-electron chi connectivity index (χ0n) is 13.3. The van der Waals surface area contributed by atoms with E-state index in [0.29, 0.717) is 28.5 Å². The smallest absolute Gasteiger partial charge is 0.255 e. The number of halogens is 1. The predicted molar refractivity (Wildman–Crippen MR) is 86.8 cm³/mol. The van der Waals surface area contributed by atoms with Gasteiger partial charge >= 0.3 is 0 Å². The Hall–Kier alpha value is -3.02. The predicted octanol–water partition coefficient (Wildman–Crippen LogP) is 3.42. The quantitative estimate of drug-likeness (QED) is 0.798. The number of hydrogen-bond acceptors (Lipinski definition) is 4. The van der Waals surface area contributed by atoms with Crippen LogP contribution in [-0.4, -0.2) is 15.9 Å². The number of aromatic nitrogens is 2. The maximum Gasteiger partial charge on any atom is 0.255 e. The van der Waals surface area contributed by atoms with E-state index < -0.39 is 0 Å². The van der Waals surface area contributed by atoms with Gasteiger partial charge in [0.2, 0.25) is 0 Å². The highest BCUT2D eigenvalue weighted by Gasteiger charge is 2.13. The van der Waals surface area contributed by atoms with Gasteiger partial charge in [-0.25, -0.2) is 14.4 Å². The molecule has 0 aliphatic carbocycles. The molecule has 0 aliphatic heterocycles. The monoisotopic (exact) mass is 325 g/mol. The molecule has 0 unspecified atom stereocenters. The van der Waals surface area contributed by atoms with Crippen molar-refractivity contribution < 1.29 is 13.6 Å². The minimum absolute atomic E-state index is 0.216. The molecule has 2 aromatic heterocycles. The molecule has 5 nitrogen and oxygen atoms in total. The molecular formula is C18H16FN3O2. The molecule has 0 saturated carbocycles. The molecule has 24 heavy (non-hydrogen) atoms. The van der Waals surface area contributed by atoms with Crippen molar-refractivity contribution in [1.82, 2.24) is 15.3 Å². The average Bonchev–Trinajstić information content (AvgIpc) is 2.92. The van der Waals surface area contributed by atoms with Gasteiger partial charge < -0.3 is 9.73 Å². The average molecular weight is 325 g/mol.